The molecule has 1 aliphatic carbocycles. The molecule has 1 fully saturated rings. The summed E-state index contributed by atoms with van der Waals surface area (Å²) in [7, 11) is 0. The molecule has 3 rings (SSSR count). The van der Waals surface area contributed by atoms with Crippen molar-refractivity contribution in [3.8, 4) is 0 Å². The van der Waals surface area contributed by atoms with Gasteiger partial charge >= 0.3 is 5.69 Å². The maximum atomic E-state index is 13.2. The van der Waals surface area contributed by atoms with Crippen LogP contribution in [0.4, 0.5) is 0 Å². The third-order valence-corrected chi connectivity index (χ3v) is 6.15. The molecule has 1 aliphatic rings. The lowest BCUT2D eigenvalue weighted by Gasteiger charge is -2.27. The van der Waals surface area contributed by atoms with E-state index in [4.69, 9.17) is 0 Å². The molecule has 2 aromatic rings. The van der Waals surface area contributed by atoms with Crippen LogP contribution in [-0.4, -0.2) is 30.6 Å². The van der Waals surface area contributed by atoms with Gasteiger partial charge in [0.25, 0.3) is 5.56 Å². The summed E-state index contributed by atoms with van der Waals surface area (Å²) in [6.45, 7) is 7.28. The molecule has 1 N–H and O–H groups in total. The van der Waals surface area contributed by atoms with Crippen LogP contribution in [0.25, 0.3) is 11.2 Å². The predicted octanol–water partition coefficient (Wildman–Crippen LogP) is 2.65. The predicted molar refractivity (Wildman–Crippen MR) is 118 cm³/mol. The third kappa shape index (κ3) is 4.84. The number of nitrogens with one attached hydrogen (secondary N) is 1. The van der Waals surface area contributed by atoms with Crippen LogP contribution >= 0.6 is 0 Å². The summed E-state index contributed by atoms with van der Waals surface area (Å²) < 4.78 is 4.46. The minimum absolute atomic E-state index is 0.130. The quantitative estimate of drug-likeness (QED) is 0.679. The molecule has 2 heterocycles. The summed E-state index contributed by atoms with van der Waals surface area (Å²) in [4.78, 5) is 43.4. The van der Waals surface area contributed by atoms with Gasteiger partial charge in [0.05, 0.1) is 6.33 Å². The summed E-state index contributed by atoms with van der Waals surface area (Å²) in [6, 6.07) is 0.130. The van der Waals surface area contributed by atoms with Crippen molar-refractivity contribution < 1.29 is 4.79 Å². The van der Waals surface area contributed by atoms with Crippen molar-refractivity contribution in [1.82, 2.24) is 24.0 Å². The molecule has 0 spiro atoms. The molecule has 8 heteroatoms. The molecule has 166 valence electrons. The first-order valence-electron chi connectivity index (χ1n) is 11.4. The van der Waals surface area contributed by atoms with E-state index in [1.165, 1.54) is 0 Å². The fraction of sp³-hybridized carbons (Fsp3) is 0.727. The lowest BCUT2D eigenvalue weighted by atomic mass is 9.87. The van der Waals surface area contributed by atoms with Crippen LogP contribution in [0, 0.1) is 5.92 Å². The van der Waals surface area contributed by atoms with Crippen molar-refractivity contribution in [3.05, 3.63) is 27.2 Å². The van der Waals surface area contributed by atoms with E-state index in [-0.39, 0.29) is 18.5 Å². The Labute approximate surface area is 177 Å². The number of carbonyl (C=O) groups is 1. The topological polar surface area (TPSA) is 90.9 Å². The summed E-state index contributed by atoms with van der Waals surface area (Å²) in [5.74, 6) is 0.423. The van der Waals surface area contributed by atoms with E-state index in [9.17, 15) is 14.4 Å². The molecule has 0 aromatic carbocycles. The van der Waals surface area contributed by atoms with Gasteiger partial charge in [-0.05, 0) is 44.4 Å². The molecule has 1 saturated carbocycles. The monoisotopic (exact) mass is 417 g/mol. The van der Waals surface area contributed by atoms with E-state index in [2.05, 4.69) is 31.1 Å². The fourth-order valence-electron chi connectivity index (χ4n) is 4.22. The van der Waals surface area contributed by atoms with Crippen LogP contribution in [0.2, 0.25) is 0 Å². The van der Waals surface area contributed by atoms with Gasteiger partial charge in [0.15, 0.2) is 11.2 Å². The maximum absolute atomic E-state index is 13.2. The van der Waals surface area contributed by atoms with Crippen molar-refractivity contribution >= 4 is 17.1 Å². The second kappa shape index (κ2) is 10.1. The number of hydrogen-bond acceptors (Lipinski definition) is 4. The van der Waals surface area contributed by atoms with E-state index in [0.717, 1.165) is 55.9 Å². The van der Waals surface area contributed by atoms with Gasteiger partial charge in [0.2, 0.25) is 5.91 Å². The third-order valence-electron chi connectivity index (χ3n) is 6.15. The Morgan fingerprint density at radius 2 is 1.73 bits per heavy atom. The molecule has 0 atom stereocenters. The second-order valence-electron chi connectivity index (χ2n) is 8.67. The number of unbranched alkanes of at least 4 members (excludes halogenated alkanes) is 2. The van der Waals surface area contributed by atoms with Crippen molar-refractivity contribution in [2.24, 2.45) is 5.92 Å². The first-order valence-corrected chi connectivity index (χ1v) is 11.4. The Balaban J connectivity index is 1.93. The van der Waals surface area contributed by atoms with E-state index in [0.29, 0.717) is 30.2 Å². The Bertz CT molecular complexity index is 979. The van der Waals surface area contributed by atoms with E-state index in [1.54, 1.807) is 10.9 Å². The number of carbonyl (C=O) groups excluding carboxylic acids is 1. The van der Waals surface area contributed by atoms with Crippen molar-refractivity contribution in [3.63, 3.8) is 0 Å². The number of fused-ring (bicyclic) bond motifs is 1. The zero-order valence-electron chi connectivity index (χ0n) is 18.5. The molecule has 2 aromatic heterocycles. The molecule has 0 radical (unpaired) electrons. The standard InChI is InChI=1S/C22H35N5O3/c1-4-6-12-25-15-23-20-19(25)21(29)27(22(30)26(20)13-7-5-2)14-18(28)24-17-10-8-16(3)9-11-17/h15-17H,4-14H2,1-3H3,(H,24,28). The average Bonchev–Trinajstić information content (AvgIpc) is 3.15. The molecule has 0 saturated heterocycles. The van der Waals surface area contributed by atoms with Gasteiger partial charge < -0.3 is 9.88 Å². The average molecular weight is 418 g/mol. The smallest absolute Gasteiger partial charge is 0.333 e. The summed E-state index contributed by atoms with van der Waals surface area (Å²) in [6.07, 6.45) is 9.36. The van der Waals surface area contributed by atoms with Crippen molar-refractivity contribution in [2.45, 2.75) is 97.8 Å². The van der Waals surface area contributed by atoms with E-state index >= 15 is 0 Å². The number of rotatable bonds is 9. The number of aromatic nitrogens is 4. The number of aryl methyl sites for hydroxylation is 2. The summed E-state index contributed by atoms with van der Waals surface area (Å²) in [5.41, 5.74) is -0.0381. The Kier molecular flexibility index (Phi) is 7.50. The molecule has 1 amide bonds. The Morgan fingerprint density at radius 3 is 2.40 bits per heavy atom. The highest BCUT2D eigenvalue weighted by Crippen LogP contribution is 2.23. The molecule has 0 bridgehead atoms. The zero-order chi connectivity index (χ0) is 21.7. The lowest BCUT2D eigenvalue weighted by Crippen LogP contribution is -2.46. The molecule has 0 aliphatic heterocycles. The molecular formula is C22H35N5O3. The van der Waals surface area contributed by atoms with Gasteiger partial charge in [-0.25, -0.2) is 14.3 Å². The summed E-state index contributed by atoms with van der Waals surface area (Å²) in [5, 5.41) is 3.03. The number of hydrogen-bond donors (Lipinski definition) is 1. The normalized spacial score (nSPS) is 19.3. The van der Waals surface area contributed by atoms with Gasteiger partial charge in [-0.15, -0.1) is 0 Å². The lowest BCUT2D eigenvalue weighted by molar-refractivity contribution is -0.122. The number of amides is 1. The number of nitrogens with zero attached hydrogens (tertiary/aromatic N) is 4. The van der Waals surface area contributed by atoms with Gasteiger partial charge in [-0.1, -0.05) is 33.6 Å². The van der Waals surface area contributed by atoms with Gasteiger partial charge in [0, 0.05) is 19.1 Å². The van der Waals surface area contributed by atoms with Crippen molar-refractivity contribution in [2.75, 3.05) is 0 Å². The first kappa shape index (κ1) is 22.3. The van der Waals surface area contributed by atoms with Gasteiger partial charge in [-0.3, -0.25) is 14.2 Å². The first-order chi connectivity index (χ1) is 14.5. The fourth-order valence-corrected chi connectivity index (χ4v) is 4.22. The molecule has 0 unspecified atom stereocenters. The number of imidazole rings is 1. The minimum Gasteiger partial charge on any atom is -0.352 e. The van der Waals surface area contributed by atoms with Crippen LogP contribution < -0.4 is 16.6 Å². The van der Waals surface area contributed by atoms with Crippen LogP contribution in [0.3, 0.4) is 0 Å². The van der Waals surface area contributed by atoms with Crippen molar-refractivity contribution in [1.29, 1.82) is 0 Å². The van der Waals surface area contributed by atoms with Crippen LogP contribution in [0.15, 0.2) is 15.9 Å². The highest BCUT2D eigenvalue weighted by molar-refractivity contribution is 5.77. The van der Waals surface area contributed by atoms with E-state index < -0.39 is 11.2 Å². The molecule has 8 nitrogen and oxygen atoms in total. The van der Waals surface area contributed by atoms with Crippen LogP contribution in [-0.2, 0) is 24.4 Å². The van der Waals surface area contributed by atoms with Gasteiger partial charge in [-0.2, -0.15) is 0 Å². The second-order valence-corrected chi connectivity index (χ2v) is 8.67. The van der Waals surface area contributed by atoms with Crippen LogP contribution in [0.1, 0.15) is 72.1 Å². The minimum atomic E-state index is -0.450. The SMILES string of the molecule is CCCCn1cnc2c1c(=O)n(CC(=O)NC1CCC(C)CC1)c(=O)n2CCCC. The Hall–Kier alpha value is -2.38. The largest absolute Gasteiger partial charge is 0.352 e. The zero-order valence-corrected chi connectivity index (χ0v) is 18.5. The highest BCUT2D eigenvalue weighted by Gasteiger charge is 2.22. The van der Waals surface area contributed by atoms with Gasteiger partial charge in [0.1, 0.15) is 6.54 Å². The van der Waals surface area contributed by atoms with E-state index in [1.807, 2.05) is 4.57 Å². The maximum Gasteiger partial charge on any atom is 0.333 e. The van der Waals surface area contributed by atoms with Crippen LogP contribution in [0.5, 0.6) is 0 Å². The molecule has 30 heavy (non-hydrogen) atoms. The Morgan fingerprint density at radius 1 is 1.07 bits per heavy atom. The summed E-state index contributed by atoms with van der Waals surface area (Å²) >= 11 is 0. The molecular weight excluding hydrogens is 382 g/mol. The highest BCUT2D eigenvalue weighted by atomic mass is 16.2.